The number of nitrogens with one attached hydrogen (secondary N) is 1. The smallest absolute Gasteiger partial charge is 0.222 e. The van der Waals surface area contributed by atoms with Crippen LogP contribution in [0.25, 0.3) is 0 Å². The Kier molecular flexibility index (Phi) is 6.59. The van der Waals surface area contributed by atoms with E-state index in [-0.39, 0.29) is 17.9 Å². The maximum atomic E-state index is 11.3. The minimum absolute atomic E-state index is 0.105. The maximum absolute atomic E-state index is 11.3. The Balaban J connectivity index is 3.57. The third kappa shape index (κ3) is 5.64. The summed E-state index contributed by atoms with van der Waals surface area (Å²) < 4.78 is 0. The summed E-state index contributed by atoms with van der Waals surface area (Å²) in [5.41, 5.74) is 5.76. The first-order valence-electron chi connectivity index (χ1n) is 5.15. The standard InChI is InChI=1S/C10H22N2O/c1-4-6-9(11)7-12-10(13)8(3)5-2/h8-9H,4-7,11H2,1-3H3,(H,12,13). The lowest BCUT2D eigenvalue weighted by molar-refractivity contribution is -0.124. The lowest BCUT2D eigenvalue weighted by Crippen LogP contribution is -2.39. The van der Waals surface area contributed by atoms with Crippen LogP contribution in [0.15, 0.2) is 0 Å². The summed E-state index contributed by atoms with van der Waals surface area (Å²) in [6.07, 6.45) is 2.93. The fraction of sp³-hybridized carbons (Fsp3) is 0.900. The van der Waals surface area contributed by atoms with Crippen molar-refractivity contribution in [3.63, 3.8) is 0 Å². The van der Waals surface area contributed by atoms with Gasteiger partial charge < -0.3 is 11.1 Å². The van der Waals surface area contributed by atoms with Gasteiger partial charge in [0.05, 0.1) is 0 Å². The topological polar surface area (TPSA) is 55.1 Å². The molecular weight excluding hydrogens is 164 g/mol. The fourth-order valence-corrected chi connectivity index (χ4v) is 1.06. The van der Waals surface area contributed by atoms with E-state index in [1.54, 1.807) is 0 Å². The van der Waals surface area contributed by atoms with Crippen LogP contribution in [0, 0.1) is 5.92 Å². The third-order valence-electron chi connectivity index (χ3n) is 2.26. The first kappa shape index (κ1) is 12.4. The van der Waals surface area contributed by atoms with Crippen LogP contribution in [0.4, 0.5) is 0 Å². The molecule has 0 aromatic rings. The molecule has 0 aliphatic carbocycles. The van der Waals surface area contributed by atoms with E-state index in [1.807, 2.05) is 13.8 Å². The second-order valence-electron chi connectivity index (χ2n) is 3.60. The number of carbonyl (C=O) groups excluding carboxylic acids is 1. The van der Waals surface area contributed by atoms with Crippen LogP contribution in [0.1, 0.15) is 40.0 Å². The molecule has 0 aromatic heterocycles. The molecule has 0 heterocycles. The Morgan fingerprint density at radius 3 is 2.54 bits per heavy atom. The van der Waals surface area contributed by atoms with Crippen LogP contribution >= 0.6 is 0 Å². The zero-order valence-electron chi connectivity index (χ0n) is 8.97. The summed E-state index contributed by atoms with van der Waals surface area (Å²) in [6.45, 7) is 6.64. The highest BCUT2D eigenvalue weighted by Crippen LogP contribution is 1.99. The van der Waals surface area contributed by atoms with Gasteiger partial charge in [-0.15, -0.1) is 0 Å². The predicted molar refractivity (Wildman–Crippen MR) is 55.3 cm³/mol. The molecule has 0 saturated heterocycles. The van der Waals surface area contributed by atoms with Crippen LogP contribution in [0.5, 0.6) is 0 Å². The summed E-state index contributed by atoms with van der Waals surface area (Å²) >= 11 is 0. The summed E-state index contributed by atoms with van der Waals surface area (Å²) in [4.78, 5) is 11.3. The lowest BCUT2D eigenvalue weighted by atomic mass is 10.1. The molecule has 13 heavy (non-hydrogen) atoms. The van der Waals surface area contributed by atoms with Crippen molar-refractivity contribution in [2.45, 2.75) is 46.1 Å². The first-order valence-corrected chi connectivity index (χ1v) is 5.15. The van der Waals surface area contributed by atoms with Gasteiger partial charge in [-0.25, -0.2) is 0 Å². The normalized spacial score (nSPS) is 15.1. The van der Waals surface area contributed by atoms with E-state index >= 15 is 0 Å². The van der Waals surface area contributed by atoms with E-state index < -0.39 is 0 Å². The van der Waals surface area contributed by atoms with Crippen molar-refractivity contribution in [3.8, 4) is 0 Å². The average molecular weight is 186 g/mol. The summed E-state index contributed by atoms with van der Waals surface area (Å²) in [5, 5.41) is 2.85. The van der Waals surface area contributed by atoms with Crippen molar-refractivity contribution in [1.29, 1.82) is 0 Å². The molecule has 0 aliphatic heterocycles. The average Bonchev–Trinajstić information content (AvgIpc) is 2.13. The van der Waals surface area contributed by atoms with Gasteiger partial charge in [0, 0.05) is 18.5 Å². The SMILES string of the molecule is CCCC(N)CNC(=O)C(C)CC. The molecule has 0 rings (SSSR count). The van der Waals surface area contributed by atoms with Crippen LogP contribution in [-0.4, -0.2) is 18.5 Å². The first-order chi connectivity index (χ1) is 6.11. The molecule has 78 valence electrons. The van der Waals surface area contributed by atoms with E-state index in [0.29, 0.717) is 6.54 Å². The highest BCUT2D eigenvalue weighted by Gasteiger charge is 2.10. The van der Waals surface area contributed by atoms with Crippen molar-refractivity contribution in [3.05, 3.63) is 0 Å². The summed E-state index contributed by atoms with van der Waals surface area (Å²) in [6, 6.07) is 0.109. The maximum Gasteiger partial charge on any atom is 0.222 e. The monoisotopic (exact) mass is 186 g/mol. The van der Waals surface area contributed by atoms with Gasteiger partial charge in [-0.05, 0) is 12.8 Å². The Labute approximate surface area is 81.1 Å². The summed E-state index contributed by atoms with van der Waals surface area (Å²) in [5.74, 6) is 0.225. The van der Waals surface area contributed by atoms with Gasteiger partial charge in [-0.2, -0.15) is 0 Å². The van der Waals surface area contributed by atoms with E-state index in [4.69, 9.17) is 5.73 Å². The zero-order valence-corrected chi connectivity index (χ0v) is 8.97. The highest BCUT2D eigenvalue weighted by molar-refractivity contribution is 5.78. The molecule has 0 bridgehead atoms. The van der Waals surface area contributed by atoms with E-state index in [2.05, 4.69) is 12.2 Å². The van der Waals surface area contributed by atoms with Crippen molar-refractivity contribution in [1.82, 2.24) is 5.32 Å². The molecule has 0 fully saturated rings. The van der Waals surface area contributed by atoms with E-state index in [0.717, 1.165) is 19.3 Å². The largest absolute Gasteiger partial charge is 0.354 e. The number of rotatable bonds is 6. The van der Waals surface area contributed by atoms with E-state index in [9.17, 15) is 4.79 Å². The zero-order chi connectivity index (χ0) is 10.3. The molecule has 0 spiro atoms. The molecule has 2 unspecified atom stereocenters. The van der Waals surface area contributed by atoms with Gasteiger partial charge >= 0.3 is 0 Å². The van der Waals surface area contributed by atoms with Crippen LogP contribution < -0.4 is 11.1 Å². The Morgan fingerprint density at radius 2 is 2.08 bits per heavy atom. The molecule has 0 aromatic carbocycles. The van der Waals surface area contributed by atoms with E-state index in [1.165, 1.54) is 0 Å². The predicted octanol–water partition coefficient (Wildman–Crippen LogP) is 1.28. The Hall–Kier alpha value is -0.570. The van der Waals surface area contributed by atoms with Crippen LogP contribution in [0.3, 0.4) is 0 Å². The van der Waals surface area contributed by atoms with Crippen LogP contribution in [0.2, 0.25) is 0 Å². The van der Waals surface area contributed by atoms with Crippen LogP contribution in [-0.2, 0) is 4.79 Å². The molecule has 2 atom stereocenters. The second-order valence-corrected chi connectivity index (χ2v) is 3.60. The molecule has 3 N–H and O–H groups in total. The number of carbonyl (C=O) groups is 1. The second kappa shape index (κ2) is 6.89. The van der Waals surface area contributed by atoms with Crippen molar-refractivity contribution < 1.29 is 4.79 Å². The van der Waals surface area contributed by atoms with Crippen molar-refractivity contribution in [2.24, 2.45) is 11.7 Å². The molecule has 0 radical (unpaired) electrons. The summed E-state index contributed by atoms with van der Waals surface area (Å²) in [7, 11) is 0. The van der Waals surface area contributed by atoms with Gasteiger partial charge in [0.25, 0.3) is 0 Å². The number of amides is 1. The molecule has 3 heteroatoms. The third-order valence-corrected chi connectivity index (χ3v) is 2.26. The van der Waals surface area contributed by atoms with Gasteiger partial charge in [0.15, 0.2) is 0 Å². The molecule has 3 nitrogen and oxygen atoms in total. The lowest BCUT2D eigenvalue weighted by Gasteiger charge is -2.14. The minimum Gasteiger partial charge on any atom is -0.354 e. The fourth-order valence-electron chi connectivity index (χ4n) is 1.06. The van der Waals surface area contributed by atoms with Gasteiger partial charge in [0.1, 0.15) is 0 Å². The Bertz CT molecular complexity index is 148. The quantitative estimate of drug-likeness (QED) is 0.656. The molecular formula is C10H22N2O. The van der Waals surface area contributed by atoms with Crippen molar-refractivity contribution >= 4 is 5.91 Å². The van der Waals surface area contributed by atoms with Crippen molar-refractivity contribution in [2.75, 3.05) is 6.54 Å². The molecule has 0 saturated carbocycles. The highest BCUT2D eigenvalue weighted by atomic mass is 16.1. The number of hydrogen-bond donors (Lipinski definition) is 2. The van der Waals surface area contributed by atoms with Gasteiger partial charge in [0.2, 0.25) is 5.91 Å². The molecule has 1 amide bonds. The minimum atomic E-state index is 0.105. The Morgan fingerprint density at radius 1 is 1.46 bits per heavy atom. The number of hydrogen-bond acceptors (Lipinski definition) is 2. The number of nitrogens with two attached hydrogens (primary N) is 1. The molecule has 0 aliphatic rings. The van der Waals surface area contributed by atoms with Gasteiger partial charge in [-0.3, -0.25) is 4.79 Å². The van der Waals surface area contributed by atoms with Gasteiger partial charge in [-0.1, -0.05) is 27.2 Å².